The Kier molecular flexibility index (Phi) is 6.62. The van der Waals surface area contributed by atoms with E-state index in [-0.39, 0.29) is 35.7 Å². The summed E-state index contributed by atoms with van der Waals surface area (Å²) in [6.07, 6.45) is 2.11. The number of fused-ring (bicyclic) bond motifs is 1. The van der Waals surface area contributed by atoms with E-state index in [1.54, 1.807) is 6.92 Å². The van der Waals surface area contributed by atoms with Crippen molar-refractivity contribution in [3.05, 3.63) is 52.1 Å². The Labute approximate surface area is 203 Å². The fourth-order valence-electron chi connectivity index (χ4n) is 4.63. The summed E-state index contributed by atoms with van der Waals surface area (Å²) in [6, 6.07) is 7.40. The number of hydrogen-bond donors (Lipinski definition) is 2. The van der Waals surface area contributed by atoms with Crippen LogP contribution in [0.3, 0.4) is 0 Å². The van der Waals surface area contributed by atoms with Crippen LogP contribution < -0.4 is 14.8 Å². The first-order valence-corrected chi connectivity index (χ1v) is 12.3. The summed E-state index contributed by atoms with van der Waals surface area (Å²) in [6.45, 7) is 7.68. The van der Waals surface area contributed by atoms with E-state index < -0.39 is 10.9 Å². The van der Waals surface area contributed by atoms with E-state index >= 15 is 0 Å². The average molecular weight is 484 g/mol. The third-order valence-electron chi connectivity index (χ3n) is 6.61. The number of phenolic OH excluding ortho intramolecular Hbond substituents is 1. The van der Waals surface area contributed by atoms with Gasteiger partial charge in [0.25, 0.3) is 5.24 Å². The van der Waals surface area contributed by atoms with Gasteiger partial charge in [0.05, 0.1) is 17.2 Å². The Morgan fingerprint density at radius 3 is 2.44 bits per heavy atom. The van der Waals surface area contributed by atoms with E-state index in [1.807, 2.05) is 45.0 Å². The Morgan fingerprint density at radius 1 is 1.12 bits per heavy atom. The van der Waals surface area contributed by atoms with Crippen LogP contribution in [0, 0.1) is 20.8 Å². The lowest BCUT2D eigenvalue weighted by molar-refractivity contribution is -0.118. The van der Waals surface area contributed by atoms with E-state index in [2.05, 4.69) is 5.32 Å². The van der Waals surface area contributed by atoms with Crippen LogP contribution in [-0.2, 0) is 11.2 Å². The molecule has 2 unspecified atom stereocenters. The van der Waals surface area contributed by atoms with Crippen molar-refractivity contribution in [1.82, 2.24) is 5.32 Å². The maximum absolute atomic E-state index is 13.2. The van der Waals surface area contributed by atoms with Crippen molar-refractivity contribution in [3.8, 4) is 17.2 Å². The molecule has 2 atom stereocenters. The van der Waals surface area contributed by atoms with Crippen LogP contribution >= 0.6 is 11.8 Å². The molecule has 0 saturated carbocycles. The Morgan fingerprint density at radius 2 is 1.82 bits per heavy atom. The number of benzene rings is 2. The molecule has 0 aromatic heterocycles. The number of ether oxygens (including phenoxy) is 2. The molecule has 2 aromatic rings. The zero-order chi connectivity index (χ0) is 24.6. The van der Waals surface area contributed by atoms with Crippen molar-refractivity contribution in [2.75, 3.05) is 6.61 Å². The zero-order valence-corrected chi connectivity index (χ0v) is 20.6. The Hall–Kier alpha value is -3.00. The van der Waals surface area contributed by atoms with Crippen molar-refractivity contribution in [1.29, 1.82) is 0 Å². The van der Waals surface area contributed by atoms with Crippen LogP contribution in [0.25, 0.3) is 0 Å². The minimum atomic E-state index is -0.795. The predicted molar refractivity (Wildman–Crippen MR) is 130 cm³/mol. The highest BCUT2D eigenvalue weighted by molar-refractivity contribution is 8.15. The summed E-state index contributed by atoms with van der Waals surface area (Å²) >= 11 is 1.01. The molecule has 0 radical (unpaired) electrons. The highest BCUT2D eigenvalue weighted by Crippen LogP contribution is 2.44. The van der Waals surface area contributed by atoms with Gasteiger partial charge in [-0.1, -0.05) is 37.2 Å². The molecular weight excluding hydrogens is 454 g/mol. The van der Waals surface area contributed by atoms with Crippen LogP contribution in [0.1, 0.15) is 58.8 Å². The molecule has 0 bridgehead atoms. The second kappa shape index (κ2) is 9.33. The second-order valence-electron chi connectivity index (χ2n) is 9.08. The summed E-state index contributed by atoms with van der Waals surface area (Å²) < 4.78 is 12.6. The SMILES string of the molecule is CCCC1(COc2ccc(CC3SC(=O)NC3=O)cc2)CC(=O)c2c(C)c(O)c(C)c(C)c2O1. The third-order valence-corrected chi connectivity index (χ3v) is 7.60. The molecule has 1 saturated heterocycles. The van der Waals surface area contributed by atoms with Gasteiger partial charge in [-0.05, 0) is 62.4 Å². The van der Waals surface area contributed by atoms with Crippen LogP contribution in [-0.4, -0.2) is 39.5 Å². The quantitative estimate of drug-likeness (QED) is 0.583. The number of ketones is 1. The molecule has 2 heterocycles. The number of imide groups is 1. The third kappa shape index (κ3) is 4.51. The maximum atomic E-state index is 13.2. The fourth-order valence-corrected chi connectivity index (χ4v) is 5.49. The molecule has 8 heteroatoms. The number of carbonyl (C=O) groups excluding carboxylic acids is 3. The number of thioether (sulfide) groups is 1. The lowest BCUT2D eigenvalue weighted by Crippen LogP contribution is -2.47. The van der Waals surface area contributed by atoms with Crippen LogP contribution in [0.2, 0.25) is 0 Å². The number of rotatable bonds is 7. The van der Waals surface area contributed by atoms with E-state index in [9.17, 15) is 19.5 Å². The fraction of sp³-hybridized carbons (Fsp3) is 0.423. The minimum Gasteiger partial charge on any atom is -0.507 e. The first-order chi connectivity index (χ1) is 16.1. The van der Waals surface area contributed by atoms with Gasteiger partial charge in [0.15, 0.2) is 5.78 Å². The van der Waals surface area contributed by atoms with Crippen molar-refractivity contribution >= 4 is 28.7 Å². The molecule has 2 amide bonds. The summed E-state index contributed by atoms with van der Waals surface area (Å²) in [4.78, 5) is 36.3. The Bertz CT molecular complexity index is 1160. The number of carbonyl (C=O) groups is 3. The predicted octanol–water partition coefficient (Wildman–Crippen LogP) is 4.79. The van der Waals surface area contributed by atoms with Gasteiger partial charge in [-0.25, -0.2) is 0 Å². The number of Topliss-reactive ketones (excluding diaryl/α,β-unsaturated/α-hetero) is 1. The standard InChI is InChI=1S/C26H29NO6S/c1-5-10-26(12-19(28)21-16(4)22(29)14(2)15(3)23(21)33-26)13-32-18-8-6-17(7-9-18)11-20-24(30)27-25(31)34-20/h6-9,20,29H,5,10-13H2,1-4H3,(H,27,30,31). The molecule has 7 nitrogen and oxygen atoms in total. The molecule has 4 rings (SSSR count). The van der Waals surface area contributed by atoms with Crippen molar-refractivity contribution in [3.63, 3.8) is 0 Å². The second-order valence-corrected chi connectivity index (χ2v) is 10.3. The average Bonchev–Trinajstić information content (AvgIpc) is 3.12. The van der Waals surface area contributed by atoms with Crippen LogP contribution in [0.4, 0.5) is 4.79 Å². The number of hydrogen-bond acceptors (Lipinski definition) is 7. The molecule has 2 aromatic carbocycles. The molecule has 0 aliphatic carbocycles. The smallest absolute Gasteiger partial charge is 0.286 e. The van der Waals surface area contributed by atoms with Gasteiger partial charge in [-0.15, -0.1) is 0 Å². The molecule has 1 fully saturated rings. The summed E-state index contributed by atoms with van der Waals surface area (Å²) in [5.74, 6) is 1.01. The molecule has 34 heavy (non-hydrogen) atoms. The van der Waals surface area contributed by atoms with Crippen LogP contribution in [0.5, 0.6) is 17.2 Å². The highest BCUT2D eigenvalue weighted by atomic mass is 32.2. The lowest BCUT2D eigenvalue weighted by Gasteiger charge is -2.39. The first-order valence-electron chi connectivity index (χ1n) is 11.4. The van der Waals surface area contributed by atoms with Gasteiger partial charge >= 0.3 is 0 Å². The summed E-state index contributed by atoms with van der Waals surface area (Å²) in [7, 11) is 0. The van der Waals surface area contributed by atoms with E-state index in [0.29, 0.717) is 41.0 Å². The number of amides is 2. The summed E-state index contributed by atoms with van der Waals surface area (Å²) in [5, 5.41) is 12.0. The van der Waals surface area contributed by atoms with Gasteiger partial charge in [-0.2, -0.15) is 0 Å². The van der Waals surface area contributed by atoms with E-state index in [1.165, 1.54) is 0 Å². The maximum Gasteiger partial charge on any atom is 0.286 e. The van der Waals surface area contributed by atoms with E-state index in [0.717, 1.165) is 29.3 Å². The number of aromatic hydroxyl groups is 1. The zero-order valence-electron chi connectivity index (χ0n) is 19.8. The lowest BCUT2D eigenvalue weighted by atomic mass is 9.83. The molecule has 2 N–H and O–H groups in total. The molecule has 0 spiro atoms. The van der Waals surface area contributed by atoms with Crippen molar-refractivity contribution in [2.45, 2.75) is 64.2 Å². The van der Waals surface area contributed by atoms with Gasteiger partial charge < -0.3 is 14.6 Å². The topological polar surface area (TPSA) is 102 Å². The number of nitrogens with one attached hydrogen (secondary N) is 1. The van der Waals surface area contributed by atoms with Gasteiger partial charge in [0, 0.05) is 5.56 Å². The molecule has 2 aliphatic rings. The van der Waals surface area contributed by atoms with E-state index in [4.69, 9.17) is 9.47 Å². The molecule has 2 aliphatic heterocycles. The first kappa shape index (κ1) is 24.1. The Balaban J connectivity index is 1.50. The number of phenols is 1. The molecule has 180 valence electrons. The highest BCUT2D eigenvalue weighted by Gasteiger charge is 2.43. The molecular formula is C26H29NO6S. The minimum absolute atomic E-state index is 0.0496. The van der Waals surface area contributed by atoms with Gasteiger partial charge in [0.2, 0.25) is 5.91 Å². The van der Waals surface area contributed by atoms with Crippen molar-refractivity contribution < 1.29 is 29.0 Å². The monoisotopic (exact) mass is 483 g/mol. The summed E-state index contributed by atoms with van der Waals surface area (Å²) in [5.41, 5.74) is 2.63. The van der Waals surface area contributed by atoms with Crippen molar-refractivity contribution in [2.24, 2.45) is 0 Å². The van der Waals surface area contributed by atoms with Gasteiger partial charge in [0.1, 0.15) is 29.5 Å². The van der Waals surface area contributed by atoms with Gasteiger partial charge in [-0.3, -0.25) is 19.7 Å². The normalized spacial score (nSPS) is 21.8. The van der Waals surface area contributed by atoms with Crippen LogP contribution in [0.15, 0.2) is 24.3 Å². The largest absolute Gasteiger partial charge is 0.507 e.